The summed E-state index contributed by atoms with van der Waals surface area (Å²) < 4.78 is 28.1. The third-order valence-electron chi connectivity index (χ3n) is 2.25. The minimum Gasteiger partial charge on any atom is -0.211 e. The topological polar surface area (TPSA) is 46.2 Å². The lowest BCUT2D eigenvalue weighted by Gasteiger charge is -2.08. The van der Waals surface area contributed by atoms with Crippen molar-refractivity contribution < 1.29 is 8.42 Å². The average molecular weight is 417 g/mol. The zero-order chi connectivity index (χ0) is 13.6. The predicted octanol–water partition coefficient (Wildman–Crippen LogP) is 3.63. The number of unbranched alkanes of at least 4 members (excludes halogenated alkanes) is 1. The van der Waals surface area contributed by atoms with Gasteiger partial charge in [0.25, 0.3) is 0 Å². The molecule has 0 unspecified atom stereocenters. The van der Waals surface area contributed by atoms with Crippen molar-refractivity contribution in [3.63, 3.8) is 0 Å². The van der Waals surface area contributed by atoms with Gasteiger partial charge in [-0.15, -0.1) is 0 Å². The minimum atomic E-state index is -3.43. The Bertz CT molecular complexity index is 492. The van der Waals surface area contributed by atoms with Crippen molar-refractivity contribution in [2.75, 3.05) is 18.6 Å². The van der Waals surface area contributed by atoms with E-state index in [9.17, 15) is 8.42 Å². The summed E-state index contributed by atoms with van der Waals surface area (Å²) in [6, 6.07) is 5.10. The van der Waals surface area contributed by atoms with Crippen LogP contribution >= 0.6 is 43.6 Å². The number of nitrogens with one attached hydrogen (secondary N) is 1. The van der Waals surface area contributed by atoms with Crippen LogP contribution in [0.25, 0.3) is 0 Å². The fraction of sp³-hybridized carbons (Fsp3) is 0.455. The largest absolute Gasteiger partial charge is 0.241 e. The Kier molecular flexibility index (Phi) is 7.23. The van der Waals surface area contributed by atoms with Crippen LogP contribution in [0.2, 0.25) is 0 Å². The van der Waals surface area contributed by atoms with Crippen LogP contribution < -0.4 is 4.72 Å². The number of hydrogen-bond acceptors (Lipinski definition) is 3. The van der Waals surface area contributed by atoms with E-state index in [1.165, 1.54) is 0 Å². The van der Waals surface area contributed by atoms with Gasteiger partial charge in [-0.05, 0) is 59.0 Å². The van der Waals surface area contributed by atoms with Crippen molar-refractivity contribution in [3.8, 4) is 0 Å². The second-order valence-electron chi connectivity index (χ2n) is 3.67. The fourth-order valence-electron chi connectivity index (χ4n) is 1.34. The van der Waals surface area contributed by atoms with E-state index in [0.717, 1.165) is 23.1 Å². The van der Waals surface area contributed by atoms with Crippen LogP contribution in [0.15, 0.2) is 32.0 Å². The van der Waals surface area contributed by atoms with Gasteiger partial charge in [-0.1, -0.05) is 15.9 Å². The van der Waals surface area contributed by atoms with E-state index in [2.05, 4.69) is 36.6 Å². The second-order valence-corrected chi connectivity index (χ2v) is 8.16. The van der Waals surface area contributed by atoms with Crippen LogP contribution in [0.1, 0.15) is 12.8 Å². The molecule has 0 heterocycles. The average Bonchev–Trinajstić information content (AvgIpc) is 2.32. The molecular weight excluding hydrogens is 402 g/mol. The summed E-state index contributed by atoms with van der Waals surface area (Å²) in [4.78, 5) is 0.266. The Morgan fingerprint density at radius 2 is 2.00 bits per heavy atom. The lowest BCUT2D eigenvalue weighted by molar-refractivity contribution is 0.578. The molecule has 1 aromatic rings. The molecule has 102 valence electrons. The van der Waals surface area contributed by atoms with Crippen molar-refractivity contribution >= 4 is 53.6 Å². The first-order valence-electron chi connectivity index (χ1n) is 5.41. The molecule has 0 atom stereocenters. The predicted molar refractivity (Wildman–Crippen MR) is 84.6 cm³/mol. The smallest absolute Gasteiger partial charge is 0.211 e. The van der Waals surface area contributed by atoms with Crippen LogP contribution in [0.5, 0.6) is 0 Å². The molecule has 1 N–H and O–H groups in total. The molecule has 0 aliphatic carbocycles. The fourth-order valence-corrected chi connectivity index (χ4v) is 4.41. The molecule has 18 heavy (non-hydrogen) atoms. The highest BCUT2D eigenvalue weighted by Gasteiger charge is 2.17. The summed E-state index contributed by atoms with van der Waals surface area (Å²) in [5, 5.41) is 0. The summed E-state index contributed by atoms with van der Waals surface area (Å²) in [6.07, 6.45) is 3.91. The number of halogens is 2. The van der Waals surface area contributed by atoms with Gasteiger partial charge in [0.2, 0.25) is 10.0 Å². The van der Waals surface area contributed by atoms with Crippen LogP contribution in [-0.4, -0.2) is 27.0 Å². The Labute approximate surface area is 129 Å². The van der Waals surface area contributed by atoms with Crippen molar-refractivity contribution in [1.29, 1.82) is 0 Å². The van der Waals surface area contributed by atoms with Crippen LogP contribution in [0.4, 0.5) is 0 Å². The monoisotopic (exact) mass is 415 g/mol. The van der Waals surface area contributed by atoms with E-state index in [1.54, 1.807) is 30.0 Å². The van der Waals surface area contributed by atoms with Gasteiger partial charge in [0, 0.05) is 15.5 Å². The molecule has 0 aliphatic rings. The van der Waals surface area contributed by atoms with Crippen molar-refractivity contribution in [2.45, 2.75) is 17.7 Å². The molecule has 0 saturated heterocycles. The molecule has 3 nitrogen and oxygen atoms in total. The van der Waals surface area contributed by atoms with Gasteiger partial charge in [0.05, 0.1) is 4.90 Å². The lowest BCUT2D eigenvalue weighted by Crippen LogP contribution is -2.25. The molecule has 1 rings (SSSR count). The highest BCUT2D eigenvalue weighted by Crippen LogP contribution is 2.25. The third-order valence-corrected chi connectivity index (χ3v) is 5.90. The van der Waals surface area contributed by atoms with Crippen molar-refractivity contribution in [1.82, 2.24) is 4.72 Å². The Balaban J connectivity index is 2.66. The van der Waals surface area contributed by atoms with Gasteiger partial charge in [-0.25, -0.2) is 13.1 Å². The van der Waals surface area contributed by atoms with Crippen LogP contribution in [0.3, 0.4) is 0 Å². The molecule has 0 fully saturated rings. The molecule has 0 bridgehead atoms. The minimum absolute atomic E-state index is 0.266. The summed E-state index contributed by atoms with van der Waals surface area (Å²) in [7, 11) is -3.43. The quantitative estimate of drug-likeness (QED) is 0.690. The summed E-state index contributed by atoms with van der Waals surface area (Å²) in [6.45, 7) is 0.474. The number of rotatable bonds is 7. The van der Waals surface area contributed by atoms with E-state index in [4.69, 9.17) is 0 Å². The normalized spacial score (nSPS) is 11.7. The van der Waals surface area contributed by atoms with Crippen LogP contribution in [-0.2, 0) is 10.0 Å². The number of hydrogen-bond donors (Lipinski definition) is 1. The maximum absolute atomic E-state index is 12.1. The molecule has 7 heteroatoms. The van der Waals surface area contributed by atoms with E-state index in [0.29, 0.717) is 11.0 Å². The Morgan fingerprint density at radius 3 is 2.67 bits per heavy atom. The molecular formula is C11H15Br2NO2S2. The maximum Gasteiger partial charge on any atom is 0.241 e. The Hall–Kier alpha value is 0.440. The van der Waals surface area contributed by atoms with E-state index in [-0.39, 0.29) is 4.90 Å². The van der Waals surface area contributed by atoms with E-state index >= 15 is 0 Å². The Morgan fingerprint density at radius 1 is 1.28 bits per heavy atom. The van der Waals surface area contributed by atoms with Crippen LogP contribution in [0, 0.1) is 0 Å². The molecule has 0 spiro atoms. The zero-order valence-corrected chi connectivity index (χ0v) is 14.8. The maximum atomic E-state index is 12.1. The highest BCUT2D eigenvalue weighted by molar-refractivity contribution is 9.11. The standard InChI is InChI=1S/C11H15Br2NO2S2/c1-17-7-3-2-6-14-18(15,16)11-8-9(12)4-5-10(11)13/h4-5,8,14H,2-3,6-7H2,1H3. The molecule has 0 saturated carbocycles. The number of thioether (sulfide) groups is 1. The molecule has 0 aromatic heterocycles. The zero-order valence-electron chi connectivity index (χ0n) is 9.95. The first-order valence-corrected chi connectivity index (χ1v) is 9.87. The van der Waals surface area contributed by atoms with Gasteiger partial charge < -0.3 is 0 Å². The van der Waals surface area contributed by atoms with Gasteiger partial charge in [-0.2, -0.15) is 11.8 Å². The van der Waals surface area contributed by atoms with Gasteiger partial charge >= 0.3 is 0 Å². The molecule has 1 aromatic carbocycles. The SMILES string of the molecule is CSCCCCNS(=O)(=O)c1cc(Br)ccc1Br. The molecule has 0 amide bonds. The van der Waals surface area contributed by atoms with Crippen molar-refractivity contribution in [2.24, 2.45) is 0 Å². The van der Waals surface area contributed by atoms with E-state index < -0.39 is 10.0 Å². The van der Waals surface area contributed by atoms with Gasteiger partial charge in [-0.3, -0.25) is 0 Å². The third kappa shape index (κ3) is 5.21. The highest BCUT2D eigenvalue weighted by atomic mass is 79.9. The van der Waals surface area contributed by atoms with Gasteiger partial charge in [0.1, 0.15) is 0 Å². The van der Waals surface area contributed by atoms with Crippen molar-refractivity contribution in [3.05, 3.63) is 27.1 Å². The summed E-state index contributed by atoms with van der Waals surface area (Å²) in [5.41, 5.74) is 0. The lowest BCUT2D eigenvalue weighted by atomic mass is 10.3. The molecule has 0 radical (unpaired) electrons. The van der Waals surface area contributed by atoms with E-state index in [1.807, 2.05) is 6.26 Å². The second kappa shape index (κ2) is 7.89. The number of sulfonamides is 1. The first kappa shape index (κ1) is 16.5. The summed E-state index contributed by atoms with van der Waals surface area (Å²) >= 11 is 8.30. The molecule has 0 aliphatic heterocycles. The van der Waals surface area contributed by atoms with Gasteiger partial charge in [0.15, 0.2) is 0 Å². The first-order chi connectivity index (χ1) is 8.47. The summed E-state index contributed by atoms with van der Waals surface area (Å²) in [5.74, 6) is 1.06. The number of benzene rings is 1.